The quantitative estimate of drug-likeness (QED) is 0.327. The van der Waals surface area contributed by atoms with Gasteiger partial charge in [0.25, 0.3) is 0 Å². The fraction of sp³-hybridized carbons (Fsp3) is 0.774. The van der Waals surface area contributed by atoms with Gasteiger partial charge in [-0.25, -0.2) is 0 Å². The van der Waals surface area contributed by atoms with E-state index in [0.717, 1.165) is 95.4 Å². The number of carbonyl (C=O) groups excluding carboxylic acids is 1. The average Bonchev–Trinajstić information content (AvgIpc) is 3.64. The standard InChI is InChI=1S/C31H46N2O6/c1-30-8-4-9-31(21-38-31)28(30)17-23-24(29(34)39-27(23)18-30)20-33(11-5-10-32-12-14-37-15-13-32)19-22-6-7-25(35-2)26(16-22)36-3/h6-7,16,23-24,27-28H,4-5,8-15,17-21H2,1-3H3/t23-,24+,27-,28-,30-,31-/m1/s1. The van der Waals surface area contributed by atoms with Crippen molar-refractivity contribution in [3.8, 4) is 11.5 Å². The summed E-state index contributed by atoms with van der Waals surface area (Å²) in [5.41, 5.74) is 1.46. The highest BCUT2D eigenvalue weighted by molar-refractivity contribution is 5.75. The van der Waals surface area contributed by atoms with Gasteiger partial charge in [0.2, 0.25) is 0 Å². The van der Waals surface area contributed by atoms with Crippen LogP contribution in [0.15, 0.2) is 18.2 Å². The van der Waals surface area contributed by atoms with Crippen molar-refractivity contribution in [3.63, 3.8) is 0 Å². The van der Waals surface area contributed by atoms with E-state index in [-0.39, 0.29) is 34.9 Å². The Morgan fingerprint density at radius 3 is 2.67 bits per heavy atom. The minimum absolute atomic E-state index is 0.00324. The van der Waals surface area contributed by atoms with E-state index < -0.39 is 0 Å². The number of epoxide rings is 1. The first kappa shape index (κ1) is 27.3. The smallest absolute Gasteiger partial charge is 0.310 e. The number of esters is 1. The van der Waals surface area contributed by atoms with Crippen molar-refractivity contribution < 1.29 is 28.5 Å². The first-order chi connectivity index (χ1) is 18.9. The second-order valence-electron chi connectivity index (χ2n) is 12.8. The summed E-state index contributed by atoms with van der Waals surface area (Å²) in [6, 6.07) is 6.14. The average molecular weight is 543 g/mol. The van der Waals surface area contributed by atoms with Crippen LogP contribution in [0.5, 0.6) is 11.5 Å². The van der Waals surface area contributed by atoms with E-state index >= 15 is 0 Å². The normalized spacial score (nSPS) is 35.9. The van der Waals surface area contributed by atoms with Gasteiger partial charge < -0.3 is 23.7 Å². The number of methoxy groups -OCH3 is 2. The molecule has 8 heteroatoms. The van der Waals surface area contributed by atoms with Gasteiger partial charge in [0, 0.05) is 32.1 Å². The van der Waals surface area contributed by atoms with E-state index in [4.69, 9.17) is 23.7 Å². The van der Waals surface area contributed by atoms with Crippen molar-refractivity contribution in [2.24, 2.45) is 23.2 Å². The molecule has 6 rings (SSSR count). The van der Waals surface area contributed by atoms with Crippen molar-refractivity contribution in [2.45, 2.75) is 63.7 Å². The van der Waals surface area contributed by atoms with Crippen molar-refractivity contribution >= 4 is 5.97 Å². The number of hydrogen-bond donors (Lipinski definition) is 0. The summed E-state index contributed by atoms with van der Waals surface area (Å²) in [6.45, 7) is 10.4. The van der Waals surface area contributed by atoms with Gasteiger partial charge in [0.1, 0.15) is 6.10 Å². The lowest BCUT2D eigenvalue weighted by molar-refractivity contribution is -0.147. The molecule has 1 aromatic rings. The summed E-state index contributed by atoms with van der Waals surface area (Å²) in [4.78, 5) is 18.3. The van der Waals surface area contributed by atoms with Gasteiger partial charge in [-0.05, 0) is 80.6 Å². The van der Waals surface area contributed by atoms with E-state index in [0.29, 0.717) is 5.92 Å². The molecule has 3 heterocycles. The molecule has 0 bridgehead atoms. The molecule has 5 aliphatic rings. The molecule has 0 amide bonds. The third-order valence-corrected chi connectivity index (χ3v) is 10.4. The summed E-state index contributed by atoms with van der Waals surface area (Å²) in [7, 11) is 3.34. The number of fused-ring (bicyclic) bond motifs is 3. The molecule has 1 aromatic carbocycles. The Morgan fingerprint density at radius 2 is 1.92 bits per heavy atom. The van der Waals surface area contributed by atoms with Gasteiger partial charge in [-0.1, -0.05) is 13.0 Å². The van der Waals surface area contributed by atoms with Crippen LogP contribution in [0, 0.1) is 23.2 Å². The van der Waals surface area contributed by atoms with Crippen LogP contribution >= 0.6 is 0 Å². The Hall–Kier alpha value is -1.87. The molecule has 2 aliphatic carbocycles. The maximum atomic E-state index is 13.4. The fourth-order valence-corrected chi connectivity index (χ4v) is 8.26. The summed E-state index contributed by atoms with van der Waals surface area (Å²) < 4.78 is 28.8. The highest BCUT2D eigenvalue weighted by Gasteiger charge is 2.65. The van der Waals surface area contributed by atoms with Crippen molar-refractivity contribution in [1.82, 2.24) is 9.80 Å². The highest BCUT2D eigenvalue weighted by Crippen LogP contribution is 2.62. The molecule has 3 aliphatic heterocycles. The molecule has 0 N–H and O–H groups in total. The van der Waals surface area contributed by atoms with E-state index in [2.05, 4.69) is 28.9 Å². The van der Waals surface area contributed by atoms with Crippen LogP contribution in [0.2, 0.25) is 0 Å². The van der Waals surface area contributed by atoms with Crippen LogP contribution in [0.4, 0.5) is 0 Å². The van der Waals surface area contributed by atoms with Crippen LogP contribution in [0.3, 0.4) is 0 Å². The summed E-state index contributed by atoms with van der Waals surface area (Å²) in [5, 5.41) is 0. The molecule has 3 saturated heterocycles. The predicted molar refractivity (Wildman–Crippen MR) is 147 cm³/mol. The molecule has 0 unspecified atom stereocenters. The van der Waals surface area contributed by atoms with Gasteiger partial charge in [-0.15, -0.1) is 0 Å². The van der Waals surface area contributed by atoms with Crippen molar-refractivity contribution in [1.29, 1.82) is 0 Å². The number of morpholine rings is 1. The van der Waals surface area contributed by atoms with Gasteiger partial charge >= 0.3 is 5.97 Å². The molecule has 0 radical (unpaired) electrons. The lowest BCUT2D eigenvalue weighted by Crippen LogP contribution is -2.51. The number of carbonyl (C=O) groups is 1. The fourth-order valence-electron chi connectivity index (χ4n) is 8.26. The summed E-state index contributed by atoms with van der Waals surface area (Å²) >= 11 is 0. The Kier molecular flexibility index (Phi) is 7.83. The minimum Gasteiger partial charge on any atom is -0.493 e. The zero-order valence-electron chi connectivity index (χ0n) is 24.0. The zero-order chi connectivity index (χ0) is 27.0. The first-order valence-electron chi connectivity index (χ1n) is 15.0. The van der Waals surface area contributed by atoms with Crippen LogP contribution in [0.1, 0.15) is 51.0 Å². The van der Waals surface area contributed by atoms with Crippen LogP contribution in [-0.4, -0.2) is 94.2 Å². The molecule has 2 saturated carbocycles. The number of nitrogens with zero attached hydrogens (tertiary/aromatic N) is 2. The Balaban J connectivity index is 1.17. The molecule has 1 spiro atoms. The van der Waals surface area contributed by atoms with Gasteiger partial charge in [0.15, 0.2) is 11.5 Å². The number of hydrogen-bond acceptors (Lipinski definition) is 8. The Bertz CT molecular complexity index is 1020. The molecule has 39 heavy (non-hydrogen) atoms. The van der Waals surface area contributed by atoms with Crippen LogP contribution in [-0.2, 0) is 25.5 Å². The highest BCUT2D eigenvalue weighted by atomic mass is 16.6. The van der Waals surface area contributed by atoms with Crippen molar-refractivity contribution in [2.75, 3.05) is 66.8 Å². The van der Waals surface area contributed by atoms with Gasteiger partial charge in [0.05, 0.1) is 45.6 Å². The monoisotopic (exact) mass is 542 g/mol. The topological polar surface area (TPSA) is 73.0 Å². The SMILES string of the molecule is COc1ccc(CN(CCCN2CCOCC2)C[C@@H]2C(=O)O[C@@H]3C[C@@]4(C)CCC[C@@]5(CO5)[C@@H]4C[C@H]23)cc1OC. The van der Waals surface area contributed by atoms with Crippen LogP contribution in [0.25, 0.3) is 0 Å². The summed E-state index contributed by atoms with van der Waals surface area (Å²) in [6.07, 6.45) is 6.77. The summed E-state index contributed by atoms with van der Waals surface area (Å²) in [5.74, 6) is 2.21. The minimum atomic E-state index is -0.0826. The molecular formula is C31H46N2O6. The van der Waals surface area contributed by atoms with E-state index in [1.807, 2.05) is 6.07 Å². The van der Waals surface area contributed by atoms with E-state index in [1.165, 1.54) is 19.3 Å². The molecule has 8 nitrogen and oxygen atoms in total. The number of ether oxygens (including phenoxy) is 5. The molecule has 6 atom stereocenters. The van der Waals surface area contributed by atoms with Gasteiger partial charge in [-0.2, -0.15) is 0 Å². The van der Waals surface area contributed by atoms with Crippen molar-refractivity contribution in [3.05, 3.63) is 23.8 Å². The zero-order valence-corrected chi connectivity index (χ0v) is 24.0. The number of rotatable bonds is 10. The maximum Gasteiger partial charge on any atom is 0.310 e. The van der Waals surface area contributed by atoms with E-state index in [9.17, 15) is 4.79 Å². The Labute approximate surface area is 233 Å². The third kappa shape index (κ3) is 5.54. The van der Waals surface area contributed by atoms with Crippen LogP contribution < -0.4 is 9.47 Å². The van der Waals surface area contributed by atoms with Gasteiger partial charge in [-0.3, -0.25) is 14.6 Å². The molecular weight excluding hydrogens is 496 g/mol. The first-order valence-corrected chi connectivity index (χ1v) is 15.0. The maximum absolute atomic E-state index is 13.4. The van der Waals surface area contributed by atoms with E-state index in [1.54, 1.807) is 14.2 Å². The molecule has 0 aromatic heterocycles. The third-order valence-electron chi connectivity index (χ3n) is 10.4. The lowest BCUT2D eigenvalue weighted by Gasteiger charge is -2.51. The molecule has 216 valence electrons. The second-order valence-corrected chi connectivity index (χ2v) is 12.8. The molecule has 5 fully saturated rings. The number of benzene rings is 1. The predicted octanol–water partition coefficient (Wildman–Crippen LogP) is 3.76. The Morgan fingerprint density at radius 1 is 1.13 bits per heavy atom. The second kappa shape index (κ2) is 11.2. The lowest BCUT2D eigenvalue weighted by atomic mass is 9.53. The largest absolute Gasteiger partial charge is 0.493 e.